The fourth-order valence-corrected chi connectivity index (χ4v) is 3.75. The Morgan fingerprint density at radius 1 is 0.846 bits per heavy atom. The molecule has 0 amide bonds. The molecule has 0 radical (unpaired) electrons. The summed E-state index contributed by atoms with van der Waals surface area (Å²) in [7, 11) is 1.78. The third kappa shape index (κ3) is 3.35. The van der Waals surface area contributed by atoms with Gasteiger partial charge in [0.2, 0.25) is 0 Å². The van der Waals surface area contributed by atoms with Crippen molar-refractivity contribution < 1.29 is 4.74 Å². The Kier molecular flexibility index (Phi) is 4.84. The summed E-state index contributed by atoms with van der Waals surface area (Å²) in [5, 5.41) is 0. The fraction of sp³-hybridized carbons (Fsp3) is 0.360. The number of methoxy groups -OCH3 is 1. The van der Waals surface area contributed by atoms with Gasteiger partial charge in [0, 0.05) is 22.5 Å². The molecule has 2 aromatic rings. The molecule has 26 heavy (non-hydrogen) atoms. The van der Waals surface area contributed by atoms with Gasteiger partial charge < -0.3 is 4.74 Å². The van der Waals surface area contributed by atoms with Crippen molar-refractivity contribution in [1.29, 1.82) is 0 Å². The number of benzene rings is 2. The third-order valence-electron chi connectivity index (χ3n) is 5.54. The van der Waals surface area contributed by atoms with Gasteiger partial charge in [-0.1, -0.05) is 101 Å². The van der Waals surface area contributed by atoms with E-state index in [9.17, 15) is 0 Å². The van der Waals surface area contributed by atoms with Gasteiger partial charge >= 0.3 is 0 Å². The molecule has 1 heteroatoms. The summed E-state index contributed by atoms with van der Waals surface area (Å²) in [6, 6.07) is 17.0. The van der Waals surface area contributed by atoms with E-state index in [4.69, 9.17) is 4.74 Å². The van der Waals surface area contributed by atoms with Gasteiger partial charge in [0.1, 0.15) is 5.75 Å². The Bertz CT molecular complexity index is 832. The van der Waals surface area contributed by atoms with Crippen LogP contribution < -0.4 is 4.74 Å². The van der Waals surface area contributed by atoms with Crippen LogP contribution in [0.2, 0.25) is 0 Å². The standard InChI is InChI=1S/C25H30O/c1-24(2,3)19-15-16-20(17-19)25(4,5)22-14-10-13-21(23(22)26-6)18-11-8-7-9-12-18/h7-17,20H,1-6H3. The molecule has 1 nitrogen and oxygen atoms in total. The molecule has 0 aliphatic heterocycles. The molecule has 3 rings (SSSR count). The minimum Gasteiger partial charge on any atom is -0.496 e. The number of rotatable bonds is 4. The highest BCUT2D eigenvalue weighted by Gasteiger charge is 2.35. The zero-order chi connectivity index (χ0) is 18.9. The summed E-state index contributed by atoms with van der Waals surface area (Å²) in [6.45, 7) is 11.5. The average molecular weight is 347 g/mol. The fourth-order valence-electron chi connectivity index (χ4n) is 3.75. The summed E-state index contributed by atoms with van der Waals surface area (Å²) in [5.74, 6) is 1.34. The number of hydrogen-bond donors (Lipinski definition) is 0. The predicted octanol–water partition coefficient (Wildman–Crippen LogP) is 6.80. The normalized spacial score (nSPS) is 17.3. The molecule has 0 heterocycles. The predicted molar refractivity (Wildman–Crippen MR) is 112 cm³/mol. The largest absolute Gasteiger partial charge is 0.496 e. The number of para-hydroxylation sites is 1. The second-order valence-corrected chi connectivity index (χ2v) is 8.73. The quantitative estimate of drug-likeness (QED) is 0.591. The van der Waals surface area contributed by atoms with Crippen LogP contribution in [0.25, 0.3) is 11.1 Å². The minimum absolute atomic E-state index is 0.0559. The molecule has 1 aliphatic carbocycles. The lowest BCUT2D eigenvalue weighted by atomic mass is 9.72. The SMILES string of the molecule is COc1c(-c2ccccc2)cccc1C(C)(C)C1C=CC(C(C)(C)C)=C1. The van der Waals surface area contributed by atoms with Gasteiger partial charge in [0.15, 0.2) is 0 Å². The zero-order valence-corrected chi connectivity index (χ0v) is 16.8. The molecule has 0 saturated heterocycles. The van der Waals surface area contributed by atoms with E-state index >= 15 is 0 Å². The third-order valence-corrected chi connectivity index (χ3v) is 5.54. The van der Waals surface area contributed by atoms with Crippen molar-refractivity contribution in [3.63, 3.8) is 0 Å². The van der Waals surface area contributed by atoms with E-state index in [0.29, 0.717) is 5.92 Å². The van der Waals surface area contributed by atoms with Gasteiger partial charge in [-0.15, -0.1) is 0 Å². The summed E-state index contributed by atoms with van der Waals surface area (Å²) in [4.78, 5) is 0. The van der Waals surface area contributed by atoms with Crippen LogP contribution in [0.4, 0.5) is 0 Å². The van der Waals surface area contributed by atoms with Crippen LogP contribution in [0.5, 0.6) is 5.75 Å². The summed E-state index contributed by atoms with van der Waals surface area (Å²) in [5.41, 5.74) is 5.13. The summed E-state index contributed by atoms with van der Waals surface area (Å²) in [6.07, 6.45) is 7.06. The van der Waals surface area contributed by atoms with E-state index in [0.717, 1.165) is 11.3 Å². The maximum absolute atomic E-state index is 5.93. The second-order valence-electron chi connectivity index (χ2n) is 8.73. The molecule has 0 spiro atoms. The summed E-state index contributed by atoms with van der Waals surface area (Å²) < 4.78 is 5.93. The Morgan fingerprint density at radius 2 is 1.54 bits per heavy atom. The molecule has 136 valence electrons. The van der Waals surface area contributed by atoms with E-state index < -0.39 is 0 Å². The first-order valence-electron chi connectivity index (χ1n) is 9.38. The van der Waals surface area contributed by atoms with Gasteiger partial charge in [-0.25, -0.2) is 0 Å². The van der Waals surface area contributed by atoms with Crippen molar-refractivity contribution in [2.24, 2.45) is 11.3 Å². The maximum atomic E-state index is 5.93. The number of ether oxygens (including phenoxy) is 1. The van der Waals surface area contributed by atoms with Crippen LogP contribution in [0.3, 0.4) is 0 Å². The molecule has 2 aromatic carbocycles. The molecule has 0 aromatic heterocycles. The molecular weight excluding hydrogens is 316 g/mol. The van der Waals surface area contributed by atoms with Gasteiger partial charge in [-0.05, 0) is 16.6 Å². The molecule has 1 unspecified atom stereocenters. The topological polar surface area (TPSA) is 9.23 Å². The van der Waals surface area contributed by atoms with Crippen molar-refractivity contribution in [2.45, 2.75) is 40.0 Å². The van der Waals surface area contributed by atoms with Crippen molar-refractivity contribution in [3.8, 4) is 16.9 Å². The summed E-state index contributed by atoms with van der Waals surface area (Å²) >= 11 is 0. The van der Waals surface area contributed by atoms with Crippen LogP contribution in [0.1, 0.15) is 40.2 Å². The lowest BCUT2D eigenvalue weighted by Gasteiger charge is -2.32. The second kappa shape index (κ2) is 6.79. The average Bonchev–Trinajstić information content (AvgIpc) is 3.13. The first kappa shape index (κ1) is 18.5. The molecule has 1 atom stereocenters. The van der Waals surface area contributed by atoms with E-state index in [1.165, 1.54) is 16.7 Å². The number of hydrogen-bond acceptors (Lipinski definition) is 1. The Labute approximate surface area is 158 Å². The number of allylic oxidation sites excluding steroid dienone is 4. The molecule has 0 bridgehead atoms. The maximum Gasteiger partial charge on any atom is 0.130 e. The lowest BCUT2D eigenvalue weighted by molar-refractivity contribution is 0.377. The van der Waals surface area contributed by atoms with Gasteiger partial charge in [-0.2, -0.15) is 0 Å². The highest BCUT2D eigenvalue weighted by molar-refractivity contribution is 5.73. The van der Waals surface area contributed by atoms with Crippen LogP contribution in [-0.2, 0) is 5.41 Å². The van der Waals surface area contributed by atoms with Crippen molar-refractivity contribution in [1.82, 2.24) is 0 Å². The molecule has 1 aliphatic rings. The highest BCUT2D eigenvalue weighted by Crippen LogP contribution is 2.46. The van der Waals surface area contributed by atoms with Crippen LogP contribution in [0, 0.1) is 11.3 Å². The van der Waals surface area contributed by atoms with E-state index in [2.05, 4.69) is 95.3 Å². The molecule has 0 N–H and O–H groups in total. The van der Waals surface area contributed by atoms with E-state index in [1.54, 1.807) is 7.11 Å². The lowest BCUT2D eigenvalue weighted by Crippen LogP contribution is -2.26. The minimum atomic E-state index is -0.0559. The van der Waals surface area contributed by atoms with Crippen LogP contribution >= 0.6 is 0 Å². The van der Waals surface area contributed by atoms with Crippen LogP contribution in [-0.4, -0.2) is 7.11 Å². The first-order chi connectivity index (χ1) is 12.2. The molecule has 0 fully saturated rings. The van der Waals surface area contributed by atoms with Crippen LogP contribution in [0.15, 0.2) is 72.3 Å². The van der Waals surface area contributed by atoms with Gasteiger partial charge in [0.05, 0.1) is 7.11 Å². The Morgan fingerprint density at radius 3 is 2.12 bits per heavy atom. The van der Waals surface area contributed by atoms with Crippen molar-refractivity contribution >= 4 is 0 Å². The smallest absolute Gasteiger partial charge is 0.130 e. The van der Waals surface area contributed by atoms with Gasteiger partial charge in [0.25, 0.3) is 0 Å². The van der Waals surface area contributed by atoms with Gasteiger partial charge in [-0.3, -0.25) is 0 Å². The molecule has 0 saturated carbocycles. The highest BCUT2D eigenvalue weighted by atomic mass is 16.5. The van der Waals surface area contributed by atoms with E-state index in [-0.39, 0.29) is 10.8 Å². The van der Waals surface area contributed by atoms with Crippen molar-refractivity contribution in [3.05, 3.63) is 77.9 Å². The monoisotopic (exact) mass is 346 g/mol. The first-order valence-corrected chi connectivity index (χ1v) is 9.38. The molecular formula is C25H30O. The Balaban J connectivity index is 2.07. The van der Waals surface area contributed by atoms with E-state index in [1.807, 2.05) is 6.07 Å². The van der Waals surface area contributed by atoms with Crippen molar-refractivity contribution in [2.75, 3.05) is 7.11 Å². The Hall–Kier alpha value is -2.28. The zero-order valence-electron chi connectivity index (χ0n) is 16.8.